The smallest absolute Gasteiger partial charge is 0.247 e. The number of rotatable bonds is 2. The molecule has 0 aromatic carbocycles. The first-order valence-electron chi connectivity index (χ1n) is 5.57. The van der Waals surface area contributed by atoms with Crippen LogP contribution in [0, 0.1) is 6.92 Å². The van der Waals surface area contributed by atoms with Crippen molar-refractivity contribution < 1.29 is 9.59 Å². The SMILES string of the molecule is Cc1cc(NC(=O)C2CCC(=O)N2C)ccn1. The Morgan fingerprint density at radius 1 is 1.59 bits per heavy atom. The Morgan fingerprint density at radius 2 is 2.35 bits per heavy atom. The number of amides is 2. The van der Waals surface area contributed by atoms with Crippen LogP contribution in [0.1, 0.15) is 18.5 Å². The van der Waals surface area contributed by atoms with E-state index >= 15 is 0 Å². The molecule has 0 aliphatic carbocycles. The van der Waals surface area contributed by atoms with Crippen molar-refractivity contribution in [1.82, 2.24) is 9.88 Å². The van der Waals surface area contributed by atoms with Gasteiger partial charge in [-0.25, -0.2) is 0 Å². The van der Waals surface area contributed by atoms with E-state index in [9.17, 15) is 9.59 Å². The first-order chi connectivity index (χ1) is 8.08. The Balaban J connectivity index is 2.05. The highest BCUT2D eigenvalue weighted by atomic mass is 16.2. The zero-order valence-corrected chi connectivity index (χ0v) is 9.93. The largest absolute Gasteiger partial charge is 0.334 e. The maximum Gasteiger partial charge on any atom is 0.247 e. The van der Waals surface area contributed by atoms with Gasteiger partial charge >= 0.3 is 0 Å². The third-order valence-corrected chi connectivity index (χ3v) is 2.96. The van der Waals surface area contributed by atoms with E-state index in [1.165, 1.54) is 4.90 Å². The van der Waals surface area contributed by atoms with Crippen LogP contribution in [0.3, 0.4) is 0 Å². The Hall–Kier alpha value is -1.91. The van der Waals surface area contributed by atoms with Gasteiger partial charge in [-0.15, -0.1) is 0 Å². The number of carbonyl (C=O) groups is 2. The van der Waals surface area contributed by atoms with Gasteiger partial charge in [0.2, 0.25) is 11.8 Å². The van der Waals surface area contributed by atoms with Crippen LogP contribution in [-0.4, -0.2) is 34.8 Å². The highest BCUT2D eigenvalue weighted by Crippen LogP contribution is 2.18. The third kappa shape index (κ3) is 2.43. The molecule has 5 heteroatoms. The van der Waals surface area contributed by atoms with Crippen LogP contribution in [0.25, 0.3) is 0 Å². The van der Waals surface area contributed by atoms with Crippen LogP contribution >= 0.6 is 0 Å². The molecule has 90 valence electrons. The summed E-state index contributed by atoms with van der Waals surface area (Å²) >= 11 is 0. The number of hydrogen-bond donors (Lipinski definition) is 1. The first kappa shape index (κ1) is 11.6. The molecule has 5 nitrogen and oxygen atoms in total. The van der Waals surface area contributed by atoms with Crippen LogP contribution in [0.2, 0.25) is 0 Å². The van der Waals surface area contributed by atoms with Crippen LogP contribution in [0.4, 0.5) is 5.69 Å². The minimum atomic E-state index is -0.351. The van der Waals surface area contributed by atoms with E-state index in [0.29, 0.717) is 12.8 Å². The number of aromatic nitrogens is 1. The molecule has 0 bridgehead atoms. The van der Waals surface area contributed by atoms with Crippen molar-refractivity contribution in [3.05, 3.63) is 24.0 Å². The molecule has 2 heterocycles. The summed E-state index contributed by atoms with van der Waals surface area (Å²) < 4.78 is 0. The number of anilines is 1. The van der Waals surface area contributed by atoms with Gasteiger partial charge < -0.3 is 10.2 Å². The molecule has 1 N–H and O–H groups in total. The van der Waals surface area contributed by atoms with Crippen molar-refractivity contribution >= 4 is 17.5 Å². The van der Waals surface area contributed by atoms with Crippen molar-refractivity contribution in [1.29, 1.82) is 0 Å². The second kappa shape index (κ2) is 4.53. The third-order valence-electron chi connectivity index (χ3n) is 2.96. The Labute approximate surface area is 99.8 Å². The van der Waals surface area contributed by atoms with E-state index in [-0.39, 0.29) is 17.9 Å². The molecule has 0 saturated carbocycles. The van der Waals surface area contributed by atoms with Crippen LogP contribution in [0.5, 0.6) is 0 Å². The molecule has 1 aromatic heterocycles. The zero-order chi connectivity index (χ0) is 12.4. The van der Waals surface area contributed by atoms with E-state index in [0.717, 1.165) is 11.4 Å². The maximum absolute atomic E-state index is 12.0. The standard InChI is InChI=1S/C12H15N3O2/c1-8-7-9(5-6-13-8)14-12(17)10-3-4-11(16)15(10)2/h5-7,10H,3-4H2,1-2H3,(H,13,14,17). The molecule has 1 unspecified atom stereocenters. The number of nitrogens with zero attached hydrogens (tertiary/aromatic N) is 2. The summed E-state index contributed by atoms with van der Waals surface area (Å²) in [5, 5.41) is 2.80. The fourth-order valence-corrected chi connectivity index (χ4v) is 1.96. The molecule has 1 fully saturated rings. The van der Waals surface area contributed by atoms with Gasteiger partial charge in [-0.1, -0.05) is 0 Å². The van der Waals surface area contributed by atoms with Crippen molar-refractivity contribution in [3.63, 3.8) is 0 Å². The highest BCUT2D eigenvalue weighted by molar-refractivity contribution is 5.98. The number of likely N-dealkylation sites (N-methyl/N-ethyl adjacent to an activating group) is 1. The van der Waals surface area contributed by atoms with E-state index in [1.54, 1.807) is 25.4 Å². The molecular formula is C12H15N3O2. The normalized spacial score (nSPS) is 19.5. The second-order valence-electron chi connectivity index (χ2n) is 4.23. The fourth-order valence-electron chi connectivity index (χ4n) is 1.96. The lowest BCUT2D eigenvalue weighted by Crippen LogP contribution is -2.38. The van der Waals surface area contributed by atoms with Gasteiger partial charge in [0.1, 0.15) is 6.04 Å². The number of hydrogen-bond acceptors (Lipinski definition) is 3. The number of carbonyl (C=O) groups excluding carboxylic acids is 2. The number of likely N-dealkylation sites (tertiary alicyclic amines) is 1. The van der Waals surface area contributed by atoms with E-state index < -0.39 is 0 Å². The molecule has 1 aromatic rings. The van der Waals surface area contributed by atoms with Crippen LogP contribution in [-0.2, 0) is 9.59 Å². The zero-order valence-electron chi connectivity index (χ0n) is 9.93. The molecule has 2 rings (SSSR count). The molecule has 0 radical (unpaired) electrons. The van der Waals surface area contributed by atoms with Crippen molar-refractivity contribution in [2.45, 2.75) is 25.8 Å². The lowest BCUT2D eigenvalue weighted by Gasteiger charge is -2.19. The number of nitrogens with one attached hydrogen (secondary N) is 1. The van der Waals surface area contributed by atoms with Crippen molar-refractivity contribution in [3.8, 4) is 0 Å². The fraction of sp³-hybridized carbons (Fsp3) is 0.417. The van der Waals surface area contributed by atoms with Gasteiger partial charge in [0.05, 0.1) is 0 Å². The predicted octanol–water partition coefficient (Wildman–Crippen LogP) is 0.949. The molecule has 0 spiro atoms. The number of pyridine rings is 1. The van der Waals surface area contributed by atoms with E-state index in [4.69, 9.17) is 0 Å². The summed E-state index contributed by atoms with van der Waals surface area (Å²) in [6.45, 7) is 1.86. The van der Waals surface area contributed by atoms with Gasteiger partial charge in [0.25, 0.3) is 0 Å². The van der Waals surface area contributed by atoms with Crippen LogP contribution < -0.4 is 5.32 Å². The maximum atomic E-state index is 12.0. The Bertz CT molecular complexity index is 459. The monoisotopic (exact) mass is 233 g/mol. The van der Waals surface area contributed by atoms with E-state index in [2.05, 4.69) is 10.3 Å². The second-order valence-corrected chi connectivity index (χ2v) is 4.23. The molecular weight excluding hydrogens is 218 g/mol. The summed E-state index contributed by atoms with van der Waals surface area (Å²) in [6.07, 6.45) is 2.68. The molecule has 1 atom stereocenters. The quantitative estimate of drug-likeness (QED) is 0.827. The molecule has 2 amide bonds. The summed E-state index contributed by atoms with van der Waals surface area (Å²) in [5.41, 5.74) is 1.56. The van der Waals surface area contributed by atoms with E-state index in [1.807, 2.05) is 6.92 Å². The predicted molar refractivity (Wildman–Crippen MR) is 63.4 cm³/mol. The molecule has 1 aliphatic rings. The summed E-state index contributed by atoms with van der Waals surface area (Å²) in [4.78, 5) is 28.8. The van der Waals surface area contributed by atoms with Gasteiger partial charge in [-0.05, 0) is 25.5 Å². The first-order valence-corrected chi connectivity index (χ1v) is 5.57. The van der Waals surface area contributed by atoms with Crippen LogP contribution in [0.15, 0.2) is 18.3 Å². The van der Waals surface area contributed by atoms with Gasteiger partial charge in [0.15, 0.2) is 0 Å². The minimum absolute atomic E-state index is 0.0241. The lowest BCUT2D eigenvalue weighted by molar-refractivity contribution is -0.131. The average molecular weight is 233 g/mol. The summed E-state index contributed by atoms with van der Waals surface area (Å²) in [6, 6.07) is 3.19. The topological polar surface area (TPSA) is 62.3 Å². The molecule has 1 aliphatic heterocycles. The highest BCUT2D eigenvalue weighted by Gasteiger charge is 2.33. The minimum Gasteiger partial charge on any atom is -0.334 e. The van der Waals surface area contributed by atoms with Crippen molar-refractivity contribution in [2.75, 3.05) is 12.4 Å². The van der Waals surface area contributed by atoms with Gasteiger partial charge in [-0.2, -0.15) is 0 Å². The Morgan fingerprint density at radius 3 is 2.94 bits per heavy atom. The molecule has 1 saturated heterocycles. The van der Waals surface area contributed by atoms with Gasteiger partial charge in [0, 0.05) is 31.0 Å². The van der Waals surface area contributed by atoms with Crippen molar-refractivity contribution in [2.24, 2.45) is 0 Å². The average Bonchev–Trinajstić information content (AvgIpc) is 2.60. The summed E-state index contributed by atoms with van der Waals surface area (Å²) in [5.74, 6) is -0.111. The van der Waals surface area contributed by atoms with Gasteiger partial charge in [-0.3, -0.25) is 14.6 Å². The summed E-state index contributed by atoms with van der Waals surface area (Å²) in [7, 11) is 1.66. The lowest BCUT2D eigenvalue weighted by atomic mass is 10.2. The number of aryl methyl sites for hydroxylation is 1. The molecule has 17 heavy (non-hydrogen) atoms. The Kier molecular flexibility index (Phi) is 3.08.